The van der Waals surface area contributed by atoms with Gasteiger partial charge in [-0.05, 0) is 78.3 Å². The molecule has 4 fully saturated rings. The van der Waals surface area contributed by atoms with E-state index in [0.717, 1.165) is 22.1 Å². The van der Waals surface area contributed by atoms with Crippen molar-refractivity contribution >= 4 is 44.6 Å². The topological polar surface area (TPSA) is 118 Å². The number of aromatic amines is 1. The van der Waals surface area contributed by atoms with Crippen molar-refractivity contribution in [1.82, 2.24) is 25.0 Å². The zero-order valence-electron chi connectivity index (χ0n) is 24.8. The number of H-pyrrole nitrogens is 1. The minimum absolute atomic E-state index is 0.145. The second kappa shape index (κ2) is 9.87. The summed E-state index contributed by atoms with van der Waals surface area (Å²) in [6, 6.07) is 14.4. The molecular formula is C33H36BrN5O5. The van der Waals surface area contributed by atoms with Crippen LogP contribution in [0.15, 0.2) is 53.1 Å². The van der Waals surface area contributed by atoms with Gasteiger partial charge in [0.2, 0.25) is 17.5 Å². The van der Waals surface area contributed by atoms with Gasteiger partial charge in [0.1, 0.15) is 12.1 Å². The maximum absolute atomic E-state index is 14.2. The first-order chi connectivity index (χ1) is 21.1. The van der Waals surface area contributed by atoms with Gasteiger partial charge in [0.05, 0.1) is 10.5 Å². The van der Waals surface area contributed by atoms with Crippen molar-refractivity contribution in [2.75, 3.05) is 20.1 Å². The molecule has 1 aliphatic carbocycles. The first-order valence-electron chi connectivity index (χ1n) is 15.5. The molecule has 5 aliphatic rings. The van der Waals surface area contributed by atoms with Gasteiger partial charge < -0.3 is 25.2 Å². The van der Waals surface area contributed by atoms with E-state index in [1.54, 1.807) is 4.90 Å². The normalized spacial score (nSPS) is 34.7. The first kappa shape index (κ1) is 28.2. The molecule has 4 saturated heterocycles. The number of fused-ring (bicyclic) bond motifs is 5. The Balaban J connectivity index is 1.08. The monoisotopic (exact) mass is 661 g/mol. The molecule has 8 rings (SSSR count). The Morgan fingerprint density at radius 3 is 2.77 bits per heavy atom. The van der Waals surface area contributed by atoms with Crippen LogP contribution in [0.4, 0.5) is 0 Å². The molecule has 0 spiro atoms. The van der Waals surface area contributed by atoms with Crippen LogP contribution in [0.25, 0.3) is 10.9 Å². The number of nitrogens with zero attached hydrogens (tertiary/aromatic N) is 3. The van der Waals surface area contributed by atoms with Crippen molar-refractivity contribution in [3.05, 3.63) is 69.8 Å². The predicted octanol–water partition coefficient (Wildman–Crippen LogP) is 2.84. The number of piperazine rings is 1. The Bertz CT molecular complexity index is 1700. The minimum atomic E-state index is -2.03. The van der Waals surface area contributed by atoms with E-state index in [2.05, 4.69) is 56.4 Å². The number of benzene rings is 2. The van der Waals surface area contributed by atoms with Crippen LogP contribution < -0.4 is 5.32 Å². The van der Waals surface area contributed by atoms with Crippen LogP contribution in [0.1, 0.15) is 48.8 Å². The van der Waals surface area contributed by atoms with Gasteiger partial charge in [0, 0.05) is 42.4 Å². The second-order valence-corrected chi connectivity index (χ2v) is 14.1. The highest BCUT2D eigenvalue weighted by molar-refractivity contribution is 9.10. The molecule has 230 valence electrons. The Morgan fingerprint density at radius 1 is 1.18 bits per heavy atom. The van der Waals surface area contributed by atoms with Crippen molar-refractivity contribution in [3.63, 3.8) is 0 Å². The van der Waals surface area contributed by atoms with E-state index in [4.69, 9.17) is 4.74 Å². The fourth-order valence-electron chi connectivity index (χ4n) is 8.69. The summed E-state index contributed by atoms with van der Waals surface area (Å²) in [6.07, 6.45) is 2.96. The summed E-state index contributed by atoms with van der Waals surface area (Å²) in [5, 5.41) is 16.2. The second-order valence-electron chi connectivity index (χ2n) is 13.3. The van der Waals surface area contributed by atoms with Crippen LogP contribution in [-0.2, 0) is 32.0 Å². The van der Waals surface area contributed by atoms with Gasteiger partial charge >= 0.3 is 0 Å². The van der Waals surface area contributed by atoms with Gasteiger partial charge in [-0.2, -0.15) is 0 Å². The van der Waals surface area contributed by atoms with E-state index in [0.29, 0.717) is 32.4 Å². The largest absolute Gasteiger partial charge is 0.349 e. The fraction of sp³-hybridized carbons (Fsp3) is 0.485. The Morgan fingerprint density at radius 2 is 1.98 bits per heavy atom. The molecule has 1 unspecified atom stereocenters. The van der Waals surface area contributed by atoms with Crippen LogP contribution in [0.3, 0.4) is 0 Å². The number of likely N-dealkylation sites (tertiary alicyclic amines) is 1. The number of hydrogen-bond donors (Lipinski definition) is 3. The lowest BCUT2D eigenvalue weighted by atomic mass is 9.72. The van der Waals surface area contributed by atoms with Crippen LogP contribution in [0.2, 0.25) is 0 Å². The minimum Gasteiger partial charge on any atom is -0.349 e. The molecular weight excluding hydrogens is 626 g/mol. The van der Waals surface area contributed by atoms with E-state index in [9.17, 15) is 19.5 Å². The number of halogens is 1. The van der Waals surface area contributed by atoms with Crippen LogP contribution >= 0.6 is 15.9 Å². The molecule has 4 aliphatic heterocycles. The highest BCUT2D eigenvalue weighted by atomic mass is 79.9. The third-order valence-electron chi connectivity index (χ3n) is 10.7. The number of rotatable bonds is 4. The van der Waals surface area contributed by atoms with Crippen LogP contribution in [0.5, 0.6) is 0 Å². The maximum Gasteiger partial charge on any atom is 0.280 e. The van der Waals surface area contributed by atoms with Gasteiger partial charge in [0.15, 0.2) is 0 Å². The summed E-state index contributed by atoms with van der Waals surface area (Å²) >= 11 is 3.71. The molecule has 11 heteroatoms. The van der Waals surface area contributed by atoms with E-state index in [1.807, 2.05) is 30.3 Å². The number of ether oxygens (including phenoxy) is 1. The summed E-state index contributed by atoms with van der Waals surface area (Å²) in [5.74, 6) is -3.38. The maximum atomic E-state index is 14.2. The molecule has 0 saturated carbocycles. The lowest BCUT2D eigenvalue weighted by molar-refractivity contribution is -0.315. The summed E-state index contributed by atoms with van der Waals surface area (Å²) in [4.78, 5) is 50.5. The zero-order valence-corrected chi connectivity index (χ0v) is 26.3. The quantitative estimate of drug-likeness (QED) is 0.396. The molecule has 0 bridgehead atoms. The molecule has 10 nitrogen and oxygen atoms in total. The predicted molar refractivity (Wildman–Crippen MR) is 165 cm³/mol. The number of carbonyl (C=O) groups excluding carboxylic acids is 3. The Hall–Kier alpha value is -3.25. The first-order valence-corrected chi connectivity index (χ1v) is 16.3. The van der Waals surface area contributed by atoms with Gasteiger partial charge in [-0.25, -0.2) is 0 Å². The molecule has 7 atom stereocenters. The standard InChI is InChI=1S/C33H36BrN5O5/c1-32(31(42)39-25(14-18-8-4-3-5-9-18)30(41)38-13-7-12-26(38)33(39,43)44-32)36-29(40)19-15-21-20-10-6-11-23-27(20)22(28(34)35-23)16-24(21)37(2)17-19/h3-6,8-11,19,21,24-26,35,43H,7,12-17H2,1-2H3,(H,36,40)/t19-,21?,24-,25+,26+,32-,33+/m1/s1. The number of hydrogen-bond acceptors (Lipinski definition) is 6. The van der Waals surface area contributed by atoms with Gasteiger partial charge in [-0.15, -0.1) is 0 Å². The van der Waals surface area contributed by atoms with Crippen molar-refractivity contribution in [1.29, 1.82) is 0 Å². The molecule has 2 aromatic carbocycles. The molecule has 44 heavy (non-hydrogen) atoms. The molecule has 0 radical (unpaired) electrons. The molecule has 3 aromatic rings. The summed E-state index contributed by atoms with van der Waals surface area (Å²) in [7, 11) is 2.05. The van der Waals surface area contributed by atoms with Gasteiger partial charge in [0.25, 0.3) is 11.8 Å². The third kappa shape index (κ3) is 3.98. The lowest BCUT2D eigenvalue weighted by Gasteiger charge is -2.48. The molecule has 3 amide bonds. The molecule has 5 heterocycles. The number of nitrogens with one attached hydrogen (secondary N) is 2. The van der Waals surface area contributed by atoms with E-state index < -0.39 is 35.5 Å². The Kier molecular flexibility index (Phi) is 6.34. The van der Waals surface area contributed by atoms with Crippen LogP contribution in [-0.4, -0.2) is 92.4 Å². The zero-order chi connectivity index (χ0) is 30.5. The van der Waals surface area contributed by atoms with Gasteiger partial charge in [-0.1, -0.05) is 42.5 Å². The smallest absolute Gasteiger partial charge is 0.280 e. The van der Waals surface area contributed by atoms with Crippen molar-refractivity contribution < 1.29 is 24.2 Å². The van der Waals surface area contributed by atoms with Crippen LogP contribution in [0, 0.1) is 5.92 Å². The van der Waals surface area contributed by atoms with Crippen molar-refractivity contribution in [3.8, 4) is 0 Å². The fourth-order valence-corrected chi connectivity index (χ4v) is 9.27. The number of likely N-dealkylation sites (N-methyl/N-ethyl adjacent to an activating group) is 1. The van der Waals surface area contributed by atoms with E-state index >= 15 is 0 Å². The van der Waals surface area contributed by atoms with Crippen molar-refractivity contribution in [2.45, 2.75) is 74.7 Å². The lowest BCUT2D eigenvalue weighted by Crippen LogP contribution is -2.71. The van der Waals surface area contributed by atoms with E-state index in [1.165, 1.54) is 28.3 Å². The third-order valence-corrected chi connectivity index (χ3v) is 11.4. The average molecular weight is 663 g/mol. The summed E-state index contributed by atoms with van der Waals surface area (Å²) in [5.41, 5.74) is 2.64. The Labute approximate surface area is 263 Å². The van der Waals surface area contributed by atoms with Crippen molar-refractivity contribution in [2.24, 2.45) is 5.92 Å². The van der Waals surface area contributed by atoms with E-state index in [-0.39, 0.29) is 30.2 Å². The highest BCUT2D eigenvalue weighted by Gasteiger charge is 2.70. The summed E-state index contributed by atoms with van der Waals surface area (Å²) in [6.45, 7) is 2.53. The summed E-state index contributed by atoms with van der Waals surface area (Å²) < 4.78 is 7.27. The number of aliphatic hydroxyl groups is 1. The SMILES string of the molecule is CN1C[C@H](C(=O)N[C@]2(C)O[C@@]3(O)[C@@H]4CCCN4C(=O)[C@H](Cc4ccccc4)N3C2=O)CC2c3cccc4[nH]c(Br)c(c34)C[C@H]21. The highest BCUT2D eigenvalue weighted by Crippen LogP contribution is 2.48. The average Bonchev–Trinajstić information content (AvgIpc) is 3.67. The molecule has 1 aromatic heterocycles. The molecule has 3 N–H and O–H groups in total. The number of carbonyl (C=O) groups is 3. The number of piperidine rings is 1. The number of aromatic nitrogens is 1. The van der Waals surface area contributed by atoms with Gasteiger partial charge in [-0.3, -0.25) is 24.0 Å². The number of amides is 3.